The fraction of sp³-hybridized carbons (Fsp3) is 0.0698. The Hall–Kier alpha value is -5.91. The van der Waals surface area contributed by atoms with Crippen molar-refractivity contribution < 1.29 is 14.7 Å². The molecule has 1 amide bonds. The molecule has 0 fully saturated rings. The number of hydrogen-bond donors (Lipinski definition) is 3. The van der Waals surface area contributed by atoms with Crippen molar-refractivity contribution in [3.8, 4) is 11.1 Å². The number of nitrogens with one attached hydrogen (secondary N) is 2. The van der Waals surface area contributed by atoms with Gasteiger partial charge in [-0.3, -0.25) is 9.59 Å². The molecule has 0 heterocycles. The van der Waals surface area contributed by atoms with Gasteiger partial charge in [0.15, 0.2) is 0 Å². The second-order valence-corrected chi connectivity index (χ2v) is 12.5. The number of fused-ring (bicyclic) bond motifs is 2. The minimum atomic E-state index is -1.02. The van der Waals surface area contributed by atoms with Gasteiger partial charge in [0, 0.05) is 10.7 Å². The predicted octanol–water partition coefficient (Wildman–Crippen LogP) is 10.5. The number of rotatable bonds is 10. The molecule has 240 valence electrons. The Bertz CT molecular complexity index is 2200. The van der Waals surface area contributed by atoms with Crippen molar-refractivity contribution in [1.29, 1.82) is 0 Å². The van der Waals surface area contributed by atoms with Crippen molar-refractivity contribution in [3.05, 3.63) is 185 Å². The molecule has 6 heteroatoms. The molecule has 5 nitrogen and oxygen atoms in total. The molecule has 3 N–H and O–H groups in total. The summed E-state index contributed by atoms with van der Waals surface area (Å²) in [5.74, 6) is -1.45. The van der Waals surface area contributed by atoms with E-state index < -0.39 is 17.9 Å². The highest BCUT2D eigenvalue weighted by Crippen LogP contribution is 2.37. The highest BCUT2D eigenvalue weighted by atomic mass is 35.5. The van der Waals surface area contributed by atoms with E-state index in [1.54, 1.807) is 18.2 Å². The number of halogens is 1. The molecule has 0 aliphatic heterocycles. The summed E-state index contributed by atoms with van der Waals surface area (Å²) in [6.45, 7) is 0. The Balaban J connectivity index is 1.27. The van der Waals surface area contributed by atoms with E-state index in [0.29, 0.717) is 21.8 Å². The average Bonchev–Trinajstić information content (AvgIpc) is 3.14. The zero-order valence-corrected chi connectivity index (χ0v) is 27.3. The molecule has 0 saturated carbocycles. The Morgan fingerprint density at radius 3 is 1.78 bits per heavy atom. The molecule has 0 aromatic heterocycles. The Morgan fingerprint density at radius 2 is 1.16 bits per heavy atom. The van der Waals surface area contributed by atoms with Gasteiger partial charge < -0.3 is 15.7 Å². The number of anilines is 1. The fourth-order valence-corrected chi connectivity index (χ4v) is 6.69. The van der Waals surface area contributed by atoms with Crippen LogP contribution in [0.25, 0.3) is 32.7 Å². The summed E-state index contributed by atoms with van der Waals surface area (Å²) >= 11 is 6.50. The zero-order chi connectivity index (χ0) is 33.7. The van der Waals surface area contributed by atoms with Gasteiger partial charge in [0.05, 0.1) is 24.1 Å². The molecule has 7 rings (SSSR count). The maximum absolute atomic E-state index is 14.1. The number of amides is 1. The number of carbonyl (C=O) groups is 2. The molecule has 0 spiro atoms. The SMILES string of the molecule is O=C(O)CC(NC(=O)c1cc(Cl)ccc1NC(c1cccc2ccccc12)c1cccc2ccccc12)c1ccc(-c2ccccc2)cc1. The van der Waals surface area contributed by atoms with Crippen LogP contribution in [0.5, 0.6) is 0 Å². The van der Waals surface area contributed by atoms with Crippen LogP contribution in [-0.4, -0.2) is 17.0 Å². The van der Waals surface area contributed by atoms with Crippen molar-refractivity contribution in [2.45, 2.75) is 18.5 Å². The summed E-state index contributed by atoms with van der Waals surface area (Å²) in [5.41, 5.74) is 5.73. The summed E-state index contributed by atoms with van der Waals surface area (Å²) in [5, 5.41) is 21.3. The summed E-state index contributed by atoms with van der Waals surface area (Å²) in [7, 11) is 0. The first-order valence-electron chi connectivity index (χ1n) is 16.1. The van der Waals surface area contributed by atoms with Gasteiger partial charge in [-0.1, -0.05) is 151 Å². The van der Waals surface area contributed by atoms with E-state index in [-0.39, 0.29) is 12.5 Å². The number of carbonyl (C=O) groups excluding carboxylic acids is 1. The molecule has 7 aromatic carbocycles. The van der Waals surface area contributed by atoms with Crippen molar-refractivity contribution in [3.63, 3.8) is 0 Å². The second-order valence-electron chi connectivity index (χ2n) is 12.0. The zero-order valence-electron chi connectivity index (χ0n) is 26.5. The van der Waals surface area contributed by atoms with Crippen LogP contribution in [0.1, 0.15) is 45.6 Å². The van der Waals surface area contributed by atoms with Crippen molar-refractivity contribution in [1.82, 2.24) is 5.32 Å². The van der Waals surface area contributed by atoms with Crippen LogP contribution in [-0.2, 0) is 4.79 Å². The van der Waals surface area contributed by atoms with Gasteiger partial charge in [-0.15, -0.1) is 0 Å². The van der Waals surface area contributed by atoms with Crippen molar-refractivity contribution in [2.24, 2.45) is 0 Å². The van der Waals surface area contributed by atoms with Crippen LogP contribution >= 0.6 is 11.6 Å². The third-order valence-electron chi connectivity index (χ3n) is 8.90. The number of carboxylic acids is 1. The molecule has 49 heavy (non-hydrogen) atoms. The van der Waals surface area contributed by atoms with Gasteiger partial charge in [-0.05, 0) is 67.6 Å². The lowest BCUT2D eigenvalue weighted by Gasteiger charge is -2.26. The third kappa shape index (κ3) is 6.89. The van der Waals surface area contributed by atoms with E-state index in [2.05, 4.69) is 59.2 Å². The topological polar surface area (TPSA) is 78.4 Å². The maximum atomic E-state index is 14.1. The van der Waals surface area contributed by atoms with E-state index in [1.807, 2.05) is 91.0 Å². The van der Waals surface area contributed by atoms with Crippen LogP contribution in [0.15, 0.2) is 158 Å². The van der Waals surface area contributed by atoms with Crippen molar-refractivity contribution >= 4 is 50.7 Å². The van der Waals surface area contributed by atoms with Crippen LogP contribution < -0.4 is 10.6 Å². The van der Waals surface area contributed by atoms with E-state index in [1.165, 1.54) is 0 Å². The van der Waals surface area contributed by atoms with Gasteiger partial charge in [-0.25, -0.2) is 0 Å². The lowest BCUT2D eigenvalue weighted by molar-refractivity contribution is -0.137. The van der Waals surface area contributed by atoms with Crippen LogP contribution in [0, 0.1) is 0 Å². The van der Waals surface area contributed by atoms with E-state index in [0.717, 1.165) is 43.8 Å². The summed E-state index contributed by atoms with van der Waals surface area (Å²) in [6.07, 6.45) is -0.283. The van der Waals surface area contributed by atoms with Gasteiger partial charge in [0.2, 0.25) is 0 Å². The standard InChI is InChI=1S/C43H33ClN2O3/c44-33-24-25-39(38(26-33)43(49)46-40(27-41(47)48)32-22-20-29(21-23-32)28-10-2-1-3-11-28)45-42(36-18-8-14-30-12-4-6-16-34(30)36)37-19-9-15-31-13-5-7-17-35(31)37/h1-26,40,42,45H,27H2,(H,46,49)(H,47,48). The molecule has 0 aliphatic rings. The summed E-state index contributed by atoms with van der Waals surface area (Å²) < 4.78 is 0. The fourth-order valence-electron chi connectivity index (χ4n) is 6.51. The van der Waals surface area contributed by atoms with Crippen LogP contribution in [0.4, 0.5) is 5.69 Å². The monoisotopic (exact) mass is 660 g/mol. The summed E-state index contributed by atoms with van der Waals surface area (Å²) in [4.78, 5) is 26.1. The minimum absolute atomic E-state index is 0.283. The first-order valence-corrected chi connectivity index (χ1v) is 16.5. The first kappa shape index (κ1) is 31.7. The minimum Gasteiger partial charge on any atom is -0.481 e. The lowest BCUT2D eigenvalue weighted by Crippen LogP contribution is -2.31. The molecule has 0 radical (unpaired) electrons. The molecule has 1 unspecified atom stereocenters. The average molecular weight is 661 g/mol. The second kappa shape index (κ2) is 14.1. The molecule has 0 saturated heterocycles. The third-order valence-corrected chi connectivity index (χ3v) is 9.13. The lowest BCUT2D eigenvalue weighted by atomic mass is 9.90. The summed E-state index contributed by atoms with van der Waals surface area (Å²) in [6, 6.07) is 50.6. The molecule has 7 aromatic rings. The van der Waals surface area contributed by atoms with E-state index in [4.69, 9.17) is 11.6 Å². The highest BCUT2D eigenvalue weighted by molar-refractivity contribution is 6.31. The van der Waals surface area contributed by atoms with Gasteiger partial charge in [0.1, 0.15) is 0 Å². The quantitative estimate of drug-likeness (QED) is 0.136. The molecular formula is C43H33ClN2O3. The van der Waals surface area contributed by atoms with E-state index >= 15 is 0 Å². The van der Waals surface area contributed by atoms with Gasteiger partial charge in [0.25, 0.3) is 5.91 Å². The predicted molar refractivity (Wildman–Crippen MR) is 199 cm³/mol. The van der Waals surface area contributed by atoms with Crippen LogP contribution in [0.3, 0.4) is 0 Å². The van der Waals surface area contributed by atoms with Gasteiger partial charge >= 0.3 is 5.97 Å². The highest BCUT2D eigenvalue weighted by Gasteiger charge is 2.24. The van der Waals surface area contributed by atoms with E-state index in [9.17, 15) is 14.7 Å². The molecular weight excluding hydrogens is 628 g/mol. The maximum Gasteiger partial charge on any atom is 0.305 e. The number of hydrogen-bond acceptors (Lipinski definition) is 3. The van der Waals surface area contributed by atoms with Crippen molar-refractivity contribution in [2.75, 3.05) is 5.32 Å². The number of benzene rings is 7. The van der Waals surface area contributed by atoms with Crippen LogP contribution in [0.2, 0.25) is 5.02 Å². The Morgan fingerprint density at radius 1 is 0.612 bits per heavy atom. The largest absolute Gasteiger partial charge is 0.481 e. The number of carboxylic acid groups (broad SMARTS) is 1. The normalized spacial score (nSPS) is 11.8. The Labute approximate surface area is 289 Å². The van der Waals surface area contributed by atoms with Gasteiger partial charge in [-0.2, -0.15) is 0 Å². The molecule has 0 aliphatic carbocycles. The smallest absolute Gasteiger partial charge is 0.305 e. The molecule has 1 atom stereocenters. The first-order chi connectivity index (χ1) is 23.9. The number of aliphatic carboxylic acids is 1. The molecule has 0 bridgehead atoms. The Kier molecular flexibility index (Phi) is 9.09.